The van der Waals surface area contributed by atoms with E-state index in [4.69, 9.17) is 24.1 Å². The Morgan fingerprint density at radius 1 is 1.24 bits per heavy atom. The highest BCUT2D eigenvalue weighted by Crippen LogP contribution is 2.26. The van der Waals surface area contributed by atoms with Crippen molar-refractivity contribution >= 4 is 5.65 Å². The lowest BCUT2D eigenvalue weighted by atomic mass is 10.0. The molecule has 1 aliphatic rings. The Balaban J connectivity index is 1.33. The maximum absolute atomic E-state index is 9.70. The molecule has 0 aromatic carbocycles. The van der Waals surface area contributed by atoms with E-state index < -0.39 is 6.10 Å². The maximum atomic E-state index is 9.70. The number of aryl methyl sites for hydroxylation is 1. The number of β-amino-alcohol motifs (C(OH)–C–C–N with tert-alkyl or cyclic N) is 1. The number of hydrogen-bond donors (Lipinski definition) is 2. The van der Waals surface area contributed by atoms with Crippen molar-refractivity contribution in [2.24, 2.45) is 0 Å². The molecule has 0 saturated heterocycles. The molecule has 0 amide bonds. The molecule has 34 heavy (non-hydrogen) atoms. The fourth-order valence-electron chi connectivity index (χ4n) is 3.94. The van der Waals surface area contributed by atoms with Crippen LogP contribution in [0, 0.1) is 6.92 Å². The van der Waals surface area contributed by atoms with Gasteiger partial charge in [-0.1, -0.05) is 11.2 Å². The van der Waals surface area contributed by atoms with E-state index in [1.807, 2.05) is 12.1 Å². The van der Waals surface area contributed by atoms with Crippen molar-refractivity contribution < 1.29 is 24.2 Å². The second kappa shape index (κ2) is 9.33. The number of aliphatic hydroxyl groups excluding tert-OH is 2. The summed E-state index contributed by atoms with van der Waals surface area (Å²) in [4.78, 5) is 6.86. The van der Waals surface area contributed by atoms with Crippen LogP contribution in [0.2, 0.25) is 0 Å². The maximum Gasteiger partial charge on any atom is 0.236 e. The fraction of sp³-hybridized carbons (Fsp3) is 0.409. The highest BCUT2D eigenvalue weighted by Gasteiger charge is 2.21. The van der Waals surface area contributed by atoms with Crippen molar-refractivity contribution in [3.8, 4) is 23.1 Å². The van der Waals surface area contributed by atoms with Crippen LogP contribution in [0.15, 0.2) is 28.8 Å². The predicted molar refractivity (Wildman–Crippen MR) is 118 cm³/mol. The molecule has 5 heterocycles. The quantitative estimate of drug-likeness (QED) is 0.379. The van der Waals surface area contributed by atoms with Gasteiger partial charge in [0.1, 0.15) is 12.4 Å². The summed E-state index contributed by atoms with van der Waals surface area (Å²) in [5.74, 6) is 1.86. The van der Waals surface area contributed by atoms with Gasteiger partial charge in [0.15, 0.2) is 11.4 Å². The second-order valence-corrected chi connectivity index (χ2v) is 8.15. The Hall–Kier alpha value is -3.61. The van der Waals surface area contributed by atoms with Gasteiger partial charge in [-0.25, -0.2) is 0 Å². The van der Waals surface area contributed by atoms with Gasteiger partial charge in [-0.05, 0) is 18.6 Å². The number of methoxy groups -OCH3 is 1. The zero-order valence-corrected chi connectivity index (χ0v) is 18.9. The van der Waals surface area contributed by atoms with Crippen LogP contribution in [-0.4, -0.2) is 78.0 Å². The van der Waals surface area contributed by atoms with E-state index in [2.05, 4.69) is 25.4 Å². The fourth-order valence-corrected chi connectivity index (χ4v) is 3.94. The topological polar surface area (TPSA) is 144 Å². The zero-order valence-electron chi connectivity index (χ0n) is 18.9. The summed E-state index contributed by atoms with van der Waals surface area (Å²) in [7, 11) is 1.54. The summed E-state index contributed by atoms with van der Waals surface area (Å²) in [5, 5.41) is 35.6. The zero-order chi connectivity index (χ0) is 23.7. The monoisotopic (exact) mass is 467 g/mol. The average molecular weight is 467 g/mol. The first-order chi connectivity index (χ1) is 16.5. The Labute approximate surface area is 194 Å². The molecular formula is C22H25N7O5. The van der Waals surface area contributed by atoms with E-state index in [1.54, 1.807) is 26.2 Å². The van der Waals surface area contributed by atoms with Crippen LogP contribution in [0.3, 0.4) is 0 Å². The van der Waals surface area contributed by atoms with Crippen molar-refractivity contribution in [1.29, 1.82) is 0 Å². The van der Waals surface area contributed by atoms with Crippen molar-refractivity contribution in [3.63, 3.8) is 0 Å². The number of hydrogen-bond acceptors (Lipinski definition) is 11. The number of ether oxygens (including phenoxy) is 2. The lowest BCUT2D eigenvalue weighted by Gasteiger charge is -2.29. The molecule has 1 aliphatic heterocycles. The summed E-state index contributed by atoms with van der Waals surface area (Å²) in [6.45, 7) is 3.68. The molecule has 12 heteroatoms. The third-order valence-electron chi connectivity index (χ3n) is 5.62. The number of fused-ring (bicyclic) bond motifs is 2. The van der Waals surface area contributed by atoms with E-state index in [9.17, 15) is 5.11 Å². The molecule has 0 radical (unpaired) electrons. The number of aliphatic hydroxyl groups is 2. The smallest absolute Gasteiger partial charge is 0.236 e. The molecule has 2 N–H and O–H groups in total. The van der Waals surface area contributed by atoms with Gasteiger partial charge < -0.3 is 24.2 Å². The molecule has 0 bridgehead atoms. The van der Waals surface area contributed by atoms with Gasteiger partial charge in [-0.2, -0.15) is 4.52 Å². The minimum absolute atomic E-state index is 0.225. The molecular weight excluding hydrogens is 442 g/mol. The highest BCUT2D eigenvalue weighted by molar-refractivity contribution is 5.60. The van der Waals surface area contributed by atoms with Gasteiger partial charge in [-0.15, -0.1) is 15.3 Å². The number of aromatic nitrogens is 6. The summed E-state index contributed by atoms with van der Waals surface area (Å²) in [5.41, 5.74) is 3.85. The number of nitrogens with zero attached hydrogens (tertiary/aromatic N) is 7. The number of pyridine rings is 1. The lowest BCUT2D eigenvalue weighted by Crippen LogP contribution is -2.38. The number of rotatable bonds is 8. The van der Waals surface area contributed by atoms with Crippen LogP contribution in [-0.2, 0) is 19.6 Å². The van der Waals surface area contributed by atoms with E-state index in [-0.39, 0.29) is 13.2 Å². The summed E-state index contributed by atoms with van der Waals surface area (Å²) < 4.78 is 18.1. The van der Waals surface area contributed by atoms with Crippen molar-refractivity contribution in [2.75, 3.05) is 26.8 Å². The van der Waals surface area contributed by atoms with Crippen molar-refractivity contribution in [3.05, 3.63) is 47.0 Å². The molecule has 0 fully saturated rings. The molecule has 0 aliphatic carbocycles. The van der Waals surface area contributed by atoms with Gasteiger partial charge in [0.05, 0.1) is 25.5 Å². The highest BCUT2D eigenvalue weighted by atomic mass is 16.5. The molecule has 4 aromatic heterocycles. The van der Waals surface area contributed by atoms with Crippen LogP contribution >= 0.6 is 0 Å². The average Bonchev–Trinajstić information content (AvgIpc) is 3.47. The molecule has 1 atom stereocenters. The van der Waals surface area contributed by atoms with Crippen LogP contribution in [0.5, 0.6) is 11.6 Å². The SMILES string of the molecule is COc1cc(OCc2ccc3c(n2)CCN(CC(O)CO)C3)nn2c(-c3cc(C)on3)nnc12. The van der Waals surface area contributed by atoms with E-state index in [0.717, 1.165) is 29.9 Å². The van der Waals surface area contributed by atoms with Crippen LogP contribution in [0.4, 0.5) is 0 Å². The molecule has 1 unspecified atom stereocenters. The van der Waals surface area contributed by atoms with Gasteiger partial charge in [0.25, 0.3) is 0 Å². The van der Waals surface area contributed by atoms with Gasteiger partial charge in [-0.3, -0.25) is 9.88 Å². The largest absolute Gasteiger partial charge is 0.493 e. The first-order valence-electron chi connectivity index (χ1n) is 10.9. The lowest BCUT2D eigenvalue weighted by molar-refractivity contribution is 0.0548. The van der Waals surface area contributed by atoms with E-state index >= 15 is 0 Å². The summed E-state index contributed by atoms with van der Waals surface area (Å²) in [6, 6.07) is 7.36. The first kappa shape index (κ1) is 22.2. The normalized spacial score (nSPS) is 14.8. The molecule has 0 spiro atoms. The third-order valence-corrected chi connectivity index (χ3v) is 5.62. The van der Waals surface area contributed by atoms with Crippen LogP contribution in [0.1, 0.15) is 22.7 Å². The molecule has 4 aromatic rings. The van der Waals surface area contributed by atoms with Gasteiger partial charge in [0.2, 0.25) is 17.4 Å². The molecule has 178 valence electrons. The van der Waals surface area contributed by atoms with Crippen LogP contribution < -0.4 is 9.47 Å². The molecule has 12 nitrogen and oxygen atoms in total. The molecule has 5 rings (SSSR count). The van der Waals surface area contributed by atoms with E-state index in [1.165, 1.54) is 4.52 Å². The first-order valence-corrected chi connectivity index (χ1v) is 10.9. The van der Waals surface area contributed by atoms with Gasteiger partial charge in [0, 0.05) is 43.9 Å². The Morgan fingerprint density at radius 3 is 2.88 bits per heavy atom. The van der Waals surface area contributed by atoms with Gasteiger partial charge >= 0.3 is 0 Å². The minimum atomic E-state index is -0.733. The van der Waals surface area contributed by atoms with Crippen molar-refractivity contribution in [2.45, 2.75) is 32.6 Å². The van der Waals surface area contributed by atoms with Crippen molar-refractivity contribution in [1.82, 2.24) is 34.9 Å². The third kappa shape index (κ3) is 4.42. The molecule has 0 saturated carbocycles. The second-order valence-electron chi connectivity index (χ2n) is 8.15. The summed E-state index contributed by atoms with van der Waals surface area (Å²) >= 11 is 0. The van der Waals surface area contributed by atoms with Crippen LogP contribution in [0.25, 0.3) is 17.2 Å². The minimum Gasteiger partial charge on any atom is -0.493 e. The summed E-state index contributed by atoms with van der Waals surface area (Å²) in [6.07, 6.45) is 0.0316. The predicted octanol–water partition coefficient (Wildman–Crippen LogP) is 0.782. The Kier molecular flexibility index (Phi) is 6.09. The standard InChI is InChI=1S/C22H25N7O5/c1-13-7-18(27-34-13)21-24-25-22-19(32-2)8-20(26-29(21)22)33-12-15-4-3-14-9-28(10-16(31)11-30)6-5-17(14)23-15/h3-4,7-8,16,30-31H,5-6,9-12H2,1-2H3. The Morgan fingerprint density at radius 2 is 2.12 bits per heavy atom. The Bertz CT molecular complexity index is 1300. The van der Waals surface area contributed by atoms with E-state index in [0.29, 0.717) is 47.6 Å².